The third-order valence-corrected chi connectivity index (χ3v) is 2.68. The molecule has 2 rings (SSSR count). The first-order valence-corrected chi connectivity index (χ1v) is 6.01. The van der Waals surface area contributed by atoms with Crippen LogP contribution in [0, 0.1) is 11.3 Å². The van der Waals surface area contributed by atoms with Crippen LogP contribution in [-0.2, 0) is 4.79 Å². The summed E-state index contributed by atoms with van der Waals surface area (Å²) >= 11 is 0. The Bertz CT molecular complexity index is 737. The van der Waals surface area contributed by atoms with Crippen LogP contribution in [0.3, 0.4) is 0 Å². The molecule has 1 heterocycles. The second-order valence-corrected chi connectivity index (χ2v) is 4.04. The van der Waals surface area contributed by atoms with Crippen LogP contribution in [0.5, 0.6) is 5.75 Å². The molecule has 0 saturated carbocycles. The molecule has 0 fully saturated rings. The fourth-order valence-electron chi connectivity index (χ4n) is 1.79. The van der Waals surface area contributed by atoms with Gasteiger partial charge in [-0.15, -0.1) is 0 Å². The van der Waals surface area contributed by atoms with Crippen LogP contribution in [0.2, 0.25) is 0 Å². The van der Waals surface area contributed by atoms with Gasteiger partial charge in [-0.2, -0.15) is 5.26 Å². The number of nitriles is 1. The molecule has 0 aliphatic rings. The minimum absolute atomic E-state index is 0.00769. The first-order valence-electron chi connectivity index (χ1n) is 6.01. The highest BCUT2D eigenvalue weighted by atomic mass is 16.5. The molecule has 0 aliphatic carbocycles. The second kappa shape index (κ2) is 6.34. The van der Waals surface area contributed by atoms with Gasteiger partial charge in [0.25, 0.3) is 5.91 Å². The normalized spacial score (nSPS) is 9.86. The fourth-order valence-corrected chi connectivity index (χ4v) is 1.79. The van der Waals surface area contributed by atoms with Crippen LogP contribution in [0.15, 0.2) is 30.5 Å². The number of para-hydroxylation sites is 1. The second-order valence-electron chi connectivity index (χ2n) is 4.04. The molecule has 0 saturated heterocycles. The topological polar surface area (TPSA) is 112 Å². The smallest absolute Gasteiger partial charge is 0.340 e. The first-order chi connectivity index (χ1) is 10.1. The Morgan fingerprint density at radius 3 is 2.86 bits per heavy atom. The number of ether oxygens (including phenoxy) is 1. The van der Waals surface area contributed by atoms with E-state index < -0.39 is 11.9 Å². The van der Waals surface area contributed by atoms with Crippen LogP contribution >= 0.6 is 0 Å². The van der Waals surface area contributed by atoms with Crippen LogP contribution in [0.4, 0.5) is 0 Å². The van der Waals surface area contributed by atoms with E-state index >= 15 is 0 Å². The van der Waals surface area contributed by atoms with Crippen molar-refractivity contribution < 1.29 is 19.4 Å². The molecule has 0 aliphatic heterocycles. The third kappa shape index (κ3) is 3.25. The lowest BCUT2D eigenvalue weighted by Gasteiger charge is -2.10. The Labute approximate surface area is 119 Å². The molecule has 1 aromatic carbocycles. The standard InChI is InChI=1S/C14H11N3O4/c15-5-6-16-12(18)8-21-11-7-17-10-4-2-1-3-9(10)13(11)14(19)20/h1-4,7H,6,8H2,(H,16,18)(H,19,20). The zero-order chi connectivity index (χ0) is 15.2. The molecule has 0 radical (unpaired) electrons. The highest BCUT2D eigenvalue weighted by molar-refractivity contribution is 6.04. The zero-order valence-corrected chi connectivity index (χ0v) is 10.9. The van der Waals surface area contributed by atoms with Gasteiger partial charge in [-0.3, -0.25) is 9.78 Å². The Kier molecular flexibility index (Phi) is 4.31. The lowest BCUT2D eigenvalue weighted by atomic mass is 10.1. The average molecular weight is 285 g/mol. The molecule has 7 heteroatoms. The van der Waals surface area contributed by atoms with Gasteiger partial charge in [-0.1, -0.05) is 18.2 Å². The number of aromatic carboxylic acids is 1. The summed E-state index contributed by atoms with van der Waals surface area (Å²) in [6.07, 6.45) is 1.27. The summed E-state index contributed by atoms with van der Waals surface area (Å²) in [5.41, 5.74) is 0.477. The lowest BCUT2D eigenvalue weighted by Crippen LogP contribution is -2.29. The minimum Gasteiger partial charge on any atom is -0.481 e. The summed E-state index contributed by atoms with van der Waals surface area (Å²) < 4.78 is 5.20. The Morgan fingerprint density at radius 1 is 1.38 bits per heavy atom. The molecule has 1 aromatic heterocycles. The molecule has 0 spiro atoms. The Hall–Kier alpha value is -3.14. The SMILES string of the molecule is N#CCNC(=O)COc1cnc2ccccc2c1C(=O)O. The van der Waals surface area contributed by atoms with Crippen molar-refractivity contribution >= 4 is 22.8 Å². The Balaban J connectivity index is 2.28. The van der Waals surface area contributed by atoms with Gasteiger partial charge in [0.2, 0.25) is 0 Å². The quantitative estimate of drug-likeness (QED) is 0.791. The van der Waals surface area contributed by atoms with Crippen molar-refractivity contribution in [3.63, 3.8) is 0 Å². The maximum absolute atomic E-state index is 11.4. The number of benzene rings is 1. The van der Waals surface area contributed by atoms with Crippen molar-refractivity contribution in [1.82, 2.24) is 10.3 Å². The molecule has 2 N–H and O–H groups in total. The summed E-state index contributed by atoms with van der Waals surface area (Å²) in [6.45, 7) is -0.522. The highest BCUT2D eigenvalue weighted by Gasteiger charge is 2.17. The number of carboxylic acids is 1. The maximum atomic E-state index is 11.4. The molecule has 7 nitrogen and oxygen atoms in total. The van der Waals surface area contributed by atoms with E-state index in [4.69, 9.17) is 10.00 Å². The molecule has 0 unspecified atom stereocenters. The monoisotopic (exact) mass is 285 g/mol. The molecular formula is C14H11N3O4. The van der Waals surface area contributed by atoms with E-state index in [1.165, 1.54) is 6.20 Å². The van der Waals surface area contributed by atoms with Crippen molar-refractivity contribution in [1.29, 1.82) is 5.26 Å². The van der Waals surface area contributed by atoms with E-state index in [0.29, 0.717) is 10.9 Å². The molecule has 0 atom stereocenters. The summed E-state index contributed by atoms with van der Waals surface area (Å²) in [4.78, 5) is 26.9. The molecular weight excluding hydrogens is 274 g/mol. The predicted molar refractivity (Wildman–Crippen MR) is 72.8 cm³/mol. The van der Waals surface area contributed by atoms with Crippen LogP contribution in [-0.4, -0.2) is 35.1 Å². The number of carbonyl (C=O) groups is 2. The summed E-state index contributed by atoms with van der Waals surface area (Å²) in [7, 11) is 0. The van der Waals surface area contributed by atoms with Crippen LogP contribution in [0.25, 0.3) is 10.9 Å². The Morgan fingerprint density at radius 2 is 2.14 bits per heavy atom. The van der Waals surface area contributed by atoms with E-state index in [2.05, 4.69) is 10.3 Å². The van der Waals surface area contributed by atoms with Crippen LogP contribution in [0.1, 0.15) is 10.4 Å². The number of nitrogens with zero attached hydrogens (tertiary/aromatic N) is 2. The number of amides is 1. The summed E-state index contributed by atoms with van der Waals surface area (Å²) in [5.74, 6) is -1.67. The largest absolute Gasteiger partial charge is 0.481 e. The van der Waals surface area contributed by atoms with Crippen molar-refractivity contribution in [3.05, 3.63) is 36.0 Å². The number of carboxylic acid groups (broad SMARTS) is 1. The minimum atomic E-state index is -1.17. The maximum Gasteiger partial charge on any atom is 0.340 e. The van der Waals surface area contributed by atoms with Crippen molar-refractivity contribution in [2.75, 3.05) is 13.2 Å². The van der Waals surface area contributed by atoms with Gasteiger partial charge in [0, 0.05) is 5.39 Å². The molecule has 0 bridgehead atoms. The van der Waals surface area contributed by atoms with Gasteiger partial charge in [-0.25, -0.2) is 4.79 Å². The average Bonchev–Trinajstić information content (AvgIpc) is 2.49. The summed E-state index contributed by atoms with van der Waals surface area (Å²) in [6, 6.07) is 8.50. The van der Waals surface area contributed by atoms with Gasteiger partial charge in [-0.05, 0) is 6.07 Å². The van der Waals surface area contributed by atoms with E-state index in [1.54, 1.807) is 30.3 Å². The number of fused-ring (bicyclic) bond motifs is 1. The van der Waals surface area contributed by atoms with E-state index in [0.717, 1.165) is 0 Å². The van der Waals surface area contributed by atoms with Gasteiger partial charge in [0.05, 0.1) is 17.8 Å². The first kappa shape index (κ1) is 14.3. The number of nitrogens with one attached hydrogen (secondary N) is 1. The van der Waals surface area contributed by atoms with E-state index in [1.807, 2.05) is 0 Å². The van der Waals surface area contributed by atoms with Crippen molar-refractivity contribution in [2.24, 2.45) is 0 Å². The van der Waals surface area contributed by atoms with Gasteiger partial charge in [0.1, 0.15) is 12.1 Å². The van der Waals surface area contributed by atoms with E-state index in [9.17, 15) is 14.7 Å². The van der Waals surface area contributed by atoms with Gasteiger partial charge in [0.15, 0.2) is 12.4 Å². The number of aromatic nitrogens is 1. The third-order valence-electron chi connectivity index (χ3n) is 2.68. The number of hydrogen-bond acceptors (Lipinski definition) is 5. The predicted octanol–water partition coefficient (Wildman–Crippen LogP) is 0.952. The highest BCUT2D eigenvalue weighted by Crippen LogP contribution is 2.26. The van der Waals surface area contributed by atoms with Crippen LogP contribution < -0.4 is 10.1 Å². The van der Waals surface area contributed by atoms with Gasteiger partial charge < -0.3 is 15.2 Å². The molecule has 21 heavy (non-hydrogen) atoms. The van der Waals surface area contributed by atoms with Gasteiger partial charge >= 0.3 is 5.97 Å². The zero-order valence-electron chi connectivity index (χ0n) is 10.9. The number of rotatable bonds is 5. The lowest BCUT2D eigenvalue weighted by molar-refractivity contribution is -0.122. The van der Waals surface area contributed by atoms with Crippen molar-refractivity contribution in [3.8, 4) is 11.8 Å². The van der Waals surface area contributed by atoms with E-state index in [-0.39, 0.29) is 24.5 Å². The number of hydrogen-bond donors (Lipinski definition) is 2. The number of pyridine rings is 1. The molecule has 106 valence electrons. The molecule has 1 amide bonds. The fraction of sp³-hybridized carbons (Fsp3) is 0.143. The number of carbonyl (C=O) groups excluding carboxylic acids is 1. The van der Waals surface area contributed by atoms with Crippen molar-refractivity contribution in [2.45, 2.75) is 0 Å². The molecule has 2 aromatic rings. The summed E-state index contributed by atoms with van der Waals surface area (Å²) in [5, 5.41) is 20.4.